The zero-order valence-electron chi connectivity index (χ0n) is 13.2. The number of aromatic nitrogens is 3. The number of hydrogen-bond acceptors (Lipinski definition) is 6. The molecule has 0 unspecified atom stereocenters. The lowest BCUT2D eigenvalue weighted by atomic mass is 10.2. The minimum Gasteiger partial charge on any atom is -0.390 e. The van der Waals surface area contributed by atoms with Crippen molar-refractivity contribution in [3.8, 4) is 0 Å². The predicted octanol–water partition coefficient (Wildman–Crippen LogP) is 0.851. The topological polar surface area (TPSA) is 132 Å². The molecule has 10 nitrogen and oxygen atoms in total. The second-order valence-corrected chi connectivity index (χ2v) is 5.74. The van der Waals surface area contributed by atoms with Crippen LogP contribution in [0.15, 0.2) is 30.6 Å². The van der Waals surface area contributed by atoms with Crippen LogP contribution in [0, 0.1) is 16.0 Å². The molecular formula is C15H16N6O4. The number of benzene rings is 1. The minimum absolute atomic E-state index is 0.0222. The second kappa shape index (κ2) is 7.07. The molecule has 1 heterocycles. The average molecular weight is 344 g/mol. The van der Waals surface area contributed by atoms with E-state index >= 15 is 0 Å². The van der Waals surface area contributed by atoms with Crippen molar-refractivity contribution < 1.29 is 14.5 Å². The van der Waals surface area contributed by atoms with Crippen LogP contribution in [0.2, 0.25) is 0 Å². The van der Waals surface area contributed by atoms with Crippen LogP contribution in [0.4, 0.5) is 11.6 Å². The maximum atomic E-state index is 11.9. The Morgan fingerprint density at radius 2 is 2.16 bits per heavy atom. The third-order valence-corrected chi connectivity index (χ3v) is 3.63. The lowest BCUT2D eigenvalue weighted by molar-refractivity contribution is -0.394. The van der Waals surface area contributed by atoms with Crippen LogP contribution in [0.5, 0.6) is 0 Å². The van der Waals surface area contributed by atoms with E-state index < -0.39 is 10.9 Å². The van der Waals surface area contributed by atoms with Crippen LogP contribution in [-0.2, 0) is 22.7 Å². The van der Waals surface area contributed by atoms with Crippen molar-refractivity contribution in [2.45, 2.75) is 25.9 Å². The summed E-state index contributed by atoms with van der Waals surface area (Å²) in [5, 5.41) is 19.6. The van der Waals surface area contributed by atoms with Gasteiger partial charge in [0.15, 0.2) is 0 Å². The van der Waals surface area contributed by atoms with E-state index in [1.165, 1.54) is 0 Å². The molecule has 0 radical (unpaired) electrons. The van der Waals surface area contributed by atoms with Crippen LogP contribution in [-0.4, -0.2) is 31.5 Å². The molecule has 10 heteroatoms. The van der Waals surface area contributed by atoms with E-state index in [2.05, 4.69) is 20.7 Å². The van der Waals surface area contributed by atoms with Crippen molar-refractivity contribution >= 4 is 23.5 Å². The summed E-state index contributed by atoms with van der Waals surface area (Å²) in [6.07, 6.45) is 3.00. The molecule has 0 spiro atoms. The number of carbonyl (C=O) groups is 2. The first-order valence-electron chi connectivity index (χ1n) is 7.71. The Bertz CT molecular complexity index is 814. The van der Waals surface area contributed by atoms with Crippen molar-refractivity contribution in [2.75, 3.05) is 5.32 Å². The summed E-state index contributed by atoms with van der Waals surface area (Å²) in [5.41, 5.74) is 1.52. The molecule has 130 valence electrons. The van der Waals surface area contributed by atoms with E-state index in [1.54, 1.807) is 18.2 Å². The van der Waals surface area contributed by atoms with Gasteiger partial charge in [0.25, 0.3) is 0 Å². The van der Waals surface area contributed by atoms with E-state index in [-0.39, 0.29) is 30.8 Å². The Morgan fingerprint density at radius 3 is 2.84 bits per heavy atom. The summed E-state index contributed by atoms with van der Waals surface area (Å²) in [6.45, 7) is 0.0989. The second-order valence-electron chi connectivity index (χ2n) is 5.74. The fourth-order valence-electron chi connectivity index (χ4n) is 2.20. The van der Waals surface area contributed by atoms with Crippen LogP contribution in [0.25, 0.3) is 0 Å². The summed E-state index contributed by atoms with van der Waals surface area (Å²) >= 11 is 0. The van der Waals surface area contributed by atoms with Gasteiger partial charge < -0.3 is 20.7 Å². The predicted molar refractivity (Wildman–Crippen MR) is 86.3 cm³/mol. The summed E-state index contributed by atoms with van der Waals surface area (Å²) in [5.74, 6) is -0.761. The molecule has 1 aliphatic rings. The summed E-state index contributed by atoms with van der Waals surface area (Å²) < 4.78 is 1.10. The normalized spacial score (nSPS) is 13.3. The zero-order valence-corrected chi connectivity index (χ0v) is 13.2. The zero-order chi connectivity index (χ0) is 17.8. The molecule has 1 fully saturated rings. The van der Waals surface area contributed by atoms with Gasteiger partial charge in [0.05, 0.1) is 0 Å². The Morgan fingerprint density at radius 1 is 1.36 bits per heavy atom. The molecule has 0 atom stereocenters. The minimum atomic E-state index is -0.726. The standard InChI is InChI=1S/C15H16N6O4/c22-13(8-20-9-17-15(19-20)21(24)25)16-7-10-2-1-3-12(6-10)18-14(23)11-4-5-11/h1-3,6,9,11H,4-5,7-8H2,(H,16,22)(H,18,23). The largest absolute Gasteiger partial charge is 0.490 e. The molecule has 2 aromatic rings. The van der Waals surface area contributed by atoms with Gasteiger partial charge in [-0.1, -0.05) is 17.1 Å². The number of rotatable bonds is 7. The molecule has 1 aromatic heterocycles. The highest BCUT2D eigenvalue weighted by Gasteiger charge is 2.29. The number of amides is 2. The SMILES string of the molecule is O=C(Cn1cnc([N+](=O)[O-])n1)NCc1cccc(NC(=O)C2CC2)c1. The lowest BCUT2D eigenvalue weighted by Gasteiger charge is -2.08. The Balaban J connectivity index is 1.51. The summed E-state index contributed by atoms with van der Waals surface area (Å²) in [7, 11) is 0. The first-order valence-corrected chi connectivity index (χ1v) is 7.71. The van der Waals surface area contributed by atoms with Crippen LogP contribution in [0.3, 0.4) is 0 Å². The molecule has 1 saturated carbocycles. The van der Waals surface area contributed by atoms with Crippen molar-refractivity contribution in [1.29, 1.82) is 0 Å². The van der Waals surface area contributed by atoms with E-state index in [1.807, 2.05) is 6.07 Å². The van der Waals surface area contributed by atoms with Crippen molar-refractivity contribution in [2.24, 2.45) is 5.92 Å². The Kier molecular flexibility index (Phi) is 4.68. The van der Waals surface area contributed by atoms with E-state index in [9.17, 15) is 19.7 Å². The van der Waals surface area contributed by atoms with Gasteiger partial charge in [0.1, 0.15) is 6.54 Å². The third kappa shape index (κ3) is 4.59. The number of nitrogens with zero attached hydrogens (tertiary/aromatic N) is 4. The first-order chi connectivity index (χ1) is 12.0. The highest BCUT2D eigenvalue weighted by atomic mass is 16.6. The summed E-state index contributed by atoms with van der Waals surface area (Å²) in [6, 6.07) is 7.21. The highest BCUT2D eigenvalue weighted by Crippen LogP contribution is 2.30. The van der Waals surface area contributed by atoms with Gasteiger partial charge >= 0.3 is 5.95 Å². The lowest BCUT2D eigenvalue weighted by Crippen LogP contribution is -2.27. The maximum absolute atomic E-state index is 11.9. The van der Waals surface area contributed by atoms with Crippen molar-refractivity contribution in [3.63, 3.8) is 0 Å². The first kappa shape index (κ1) is 16.6. The number of hydrogen-bond donors (Lipinski definition) is 2. The number of nitrogens with one attached hydrogen (secondary N) is 2. The van der Waals surface area contributed by atoms with Crippen LogP contribution in [0.1, 0.15) is 18.4 Å². The van der Waals surface area contributed by atoms with E-state index in [0.29, 0.717) is 5.69 Å². The summed E-state index contributed by atoms with van der Waals surface area (Å²) in [4.78, 5) is 36.9. The molecule has 0 bridgehead atoms. The smallest absolute Gasteiger partial charge is 0.390 e. The molecule has 2 amide bonds. The van der Waals surface area contributed by atoms with Gasteiger partial charge in [0, 0.05) is 23.2 Å². The molecule has 0 aliphatic heterocycles. The van der Waals surface area contributed by atoms with E-state index in [0.717, 1.165) is 29.4 Å². The Hall–Kier alpha value is -3.30. The number of anilines is 1. The number of nitro groups is 1. The Labute approximate surface area is 142 Å². The highest BCUT2D eigenvalue weighted by molar-refractivity contribution is 5.94. The van der Waals surface area contributed by atoms with Gasteiger partial charge in [-0.25, -0.2) is 0 Å². The third-order valence-electron chi connectivity index (χ3n) is 3.63. The molecule has 0 saturated heterocycles. The quantitative estimate of drug-likeness (QED) is 0.565. The van der Waals surface area contributed by atoms with Crippen LogP contribution < -0.4 is 10.6 Å². The van der Waals surface area contributed by atoms with Crippen LogP contribution >= 0.6 is 0 Å². The van der Waals surface area contributed by atoms with E-state index in [4.69, 9.17) is 0 Å². The molecule has 2 N–H and O–H groups in total. The molecule has 25 heavy (non-hydrogen) atoms. The number of carbonyl (C=O) groups excluding carboxylic acids is 2. The van der Waals surface area contributed by atoms with Gasteiger partial charge in [0.2, 0.25) is 18.1 Å². The molecule has 1 aromatic carbocycles. The van der Waals surface area contributed by atoms with Crippen molar-refractivity contribution in [3.05, 3.63) is 46.3 Å². The van der Waals surface area contributed by atoms with Crippen molar-refractivity contribution in [1.82, 2.24) is 20.1 Å². The van der Waals surface area contributed by atoms with Gasteiger partial charge in [-0.2, -0.15) is 4.68 Å². The molecule has 3 rings (SSSR count). The van der Waals surface area contributed by atoms with Gasteiger partial charge in [-0.3, -0.25) is 9.59 Å². The maximum Gasteiger partial charge on any atom is 0.490 e. The molecular weight excluding hydrogens is 328 g/mol. The van der Waals surface area contributed by atoms with Gasteiger partial charge in [-0.15, -0.1) is 0 Å². The average Bonchev–Trinajstić information content (AvgIpc) is 3.33. The van der Waals surface area contributed by atoms with Gasteiger partial charge in [-0.05, 0) is 35.5 Å². The molecule has 1 aliphatic carbocycles. The monoisotopic (exact) mass is 344 g/mol. The fourth-order valence-corrected chi connectivity index (χ4v) is 2.20. The fraction of sp³-hybridized carbons (Fsp3) is 0.333.